The molecule has 1 rings (SSSR count). The predicted molar refractivity (Wildman–Crippen MR) is 66.3 cm³/mol. The maximum Gasteiger partial charge on any atom is 0.247 e. The van der Waals surface area contributed by atoms with E-state index in [0.717, 1.165) is 6.07 Å². The lowest BCUT2D eigenvalue weighted by atomic mass is 10.3. The van der Waals surface area contributed by atoms with Gasteiger partial charge in [0.15, 0.2) is 0 Å². The number of primary amides is 1. The summed E-state index contributed by atoms with van der Waals surface area (Å²) >= 11 is 5.66. The van der Waals surface area contributed by atoms with Gasteiger partial charge in [0.2, 0.25) is 15.9 Å². The summed E-state index contributed by atoms with van der Waals surface area (Å²) in [5.74, 6) is -1.03. The van der Waals surface area contributed by atoms with Crippen molar-refractivity contribution in [3.8, 4) is 0 Å². The van der Waals surface area contributed by atoms with Crippen LogP contribution in [-0.4, -0.2) is 32.1 Å². The Kier molecular flexibility index (Phi) is 4.52. The maximum absolute atomic E-state index is 11.8. The number of rotatable bonds is 5. The summed E-state index contributed by atoms with van der Waals surface area (Å²) < 4.78 is 25.6. The normalized spacial score (nSPS) is 13.2. The fraction of sp³-hybridized carbons (Fsp3) is 0.222. The molecule has 0 saturated carbocycles. The average molecular weight is 294 g/mol. The highest BCUT2D eigenvalue weighted by Gasteiger charge is 2.20. The molecule has 100 valence electrons. The van der Waals surface area contributed by atoms with Crippen LogP contribution in [0.25, 0.3) is 0 Å². The first kappa shape index (κ1) is 14.7. The van der Waals surface area contributed by atoms with Gasteiger partial charge in [0.05, 0.1) is 5.69 Å². The van der Waals surface area contributed by atoms with E-state index in [4.69, 9.17) is 28.2 Å². The van der Waals surface area contributed by atoms with Crippen molar-refractivity contribution in [3.63, 3.8) is 0 Å². The van der Waals surface area contributed by atoms with Crippen LogP contribution >= 0.6 is 11.6 Å². The molecule has 0 bridgehead atoms. The number of anilines is 1. The Morgan fingerprint density at radius 1 is 1.50 bits per heavy atom. The van der Waals surface area contributed by atoms with E-state index in [1.807, 2.05) is 4.72 Å². The molecule has 9 heteroatoms. The van der Waals surface area contributed by atoms with E-state index in [2.05, 4.69) is 0 Å². The molecule has 0 aliphatic rings. The van der Waals surface area contributed by atoms with Crippen molar-refractivity contribution in [1.29, 1.82) is 0 Å². The van der Waals surface area contributed by atoms with Gasteiger partial charge in [-0.3, -0.25) is 4.79 Å². The molecule has 0 saturated heterocycles. The van der Waals surface area contributed by atoms with Gasteiger partial charge in [0, 0.05) is 11.6 Å². The second-order valence-electron chi connectivity index (χ2n) is 3.45. The minimum Gasteiger partial charge on any atom is -0.398 e. The number of amides is 1. The number of nitrogen functional groups attached to an aromatic ring is 1. The summed E-state index contributed by atoms with van der Waals surface area (Å²) in [7, 11) is -3.97. The molecule has 1 amide bonds. The van der Waals surface area contributed by atoms with Crippen molar-refractivity contribution < 1.29 is 18.3 Å². The monoisotopic (exact) mass is 293 g/mol. The average Bonchev–Trinajstić information content (AvgIpc) is 2.29. The molecule has 0 heterocycles. The van der Waals surface area contributed by atoms with Crippen molar-refractivity contribution in [1.82, 2.24) is 4.72 Å². The third-order valence-corrected chi connectivity index (χ3v) is 3.77. The summed E-state index contributed by atoms with van der Waals surface area (Å²) in [5, 5.41) is 9.30. The number of benzene rings is 1. The maximum atomic E-state index is 11.8. The summed E-state index contributed by atoms with van der Waals surface area (Å²) in [5.41, 5.74) is 10.3. The van der Waals surface area contributed by atoms with E-state index in [1.54, 1.807) is 0 Å². The van der Waals surface area contributed by atoms with E-state index in [-0.39, 0.29) is 15.6 Å². The zero-order valence-corrected chi connectivity index (χ0v) is 10.7. The first-order valence-corrected chi connectivity index (χ1v) is 6.62. The molecule has 1 unspecified atom stereocenters. The minimum absolute atomic E-state index is 0.000430. The highest BCUT2D eigenvalue weighted by Crippen LogP contribution is 2.22. The number of sulfonamides is 1. The summed E-state index contributed by atoms with van der Waals surface area (Å²) in [6, 6.07) is 3.94. The van der Waals surface area contributed by atoms with E-state index in [1.165, 1.54) is 12.1 Å². The molecule has 0 fully saturated rings. The summed E-state index contributed by atoms with van der Waals surface area (Å²) in [6.07, 6.45) is -1.61. The second kappa shape index (κ2) is 5.53. The fourth-order valence-corrected chi connectivity index (χ4v) is 2.54. The molecule has 6 N–H and O–H groups in total. The number of hydrogen-bond donors (Lipinski definition) is 4. The molecular formula is C9H12ClN3O4S. The third-order valence-electron chi connectivity index (χ3n) is 2.06. The summed E-state index contributed by atoms with van der Waals surface area (Å²) in [4.78, 5) is 10.3. The summed E-state index contributed by atoms with van der Waals surface area (Å²) in [6.45, 7) is -0.538. The van der Waals surface area contributed by atoms with Crippen LogP contribution in [0.1, 0.15) is 0 Å². The number of aliphatic hydroxyl groups excluding tert-OH is 1. The van der Waals surface area contributed by atoms with Crippen LogP contribution in [0.5, 0.6) is 0 Å². The van der Waals surface area contributed by atoms with Gasteiger partial charge in [-0.2, -0.15) is 0 Å². The highest BCUT2D eigenvalue weighted by atomic mass is 35.5. The Balaban J connectivity index is 2.93. The lowest BCUT2D eigenvalue weighted by Crippen LogP contribution is -2.40. The lowest BCUT2D eigenvalue weighted by molar-refractivity contribution is -0.125. The molecule has 0 aliphatic heterocycles. The Morgan fingerprint density at radius 2 is 2.11 bits per heavy atom. The number of nitrogens with two attached hydrogens (primary N) is 2. The molecule has 1 aromatic rings. The van der Waals surface area contributed by atoms with Crippen LogP contribution in [0, 0.1) is 0 Å². The SMILES string of the molecule is NC(=O)C(O)CNS(=O)(=O)c1cc(Cl)ccc1N. The van der Waals surface area contributed by atoms with Crippen molar-refractivity contribution in [2.45, 2.75) is 11.0 Å². The van der Waals surface area contributed by atoms with Crippen molar-refractivity contribution in [3.05, 3.63) is 23.2 Å². The quantitative estimate of drug-likeness (QED) is 0.519. The van der Waals surface area contributed by atoms with Gasteiger partial charge < -0.3 is 16.6 Å². The largest absolute Gasteiger partial charge is 0.398 e. The van der Waals surface area contributed by atoms with Gasteiger partial charge in [-0.1, -0.05) is 11.6 Å². The lowest BCUT2D eigenvalue weighted by Gasteiger charge is -2.11. The predicted octanol–water partition coefficient (Wildman–Crippen LogP) is -0.953. The number of carbonyl (C=O) groups is 1. The van der Waals surface area contributed by atoms with Gasteiger partial charge in [-0.05, 0) is 18.2 Å². The Morgan fingerprint density at radius 3 is 2.67 bits per heavy atom. The Labute approximate surface area is 109 Å². The molecule has 0 aromatic heterocycles. The molecule has 1 atom stereocenters. The van der Waals surface area contributed by atoms with E-state index in [9.17, 15) is 13.2 Å². The smallest absolute Gasteiger partial charge is 0.247 e. The van der Waals surface area contributed by atoms with Gasteiger partial charge >= 0.3 is 0 Å². The van der Waals surface area contributed by atoms with Gasteiger partial charge in [-0.25, -0.2) is 13.1 Å². The topological polar surface area (TPSA) is 136 Å². The zero-order valence-electron chi connectivity index (χ0n) is 9.13. The van der Waals surface area contributed by atoms with Crippen molar-refractivity contribution in [2.75, 3.05) is 12.3 Å². The third kappa shape index (κ3) is 3.57. The van der Waals surface area contributed by atoms with Gasteiger partial charge in [0.1, 0.15) is 11.0 Å². The number of carbonyl (C=O) groups excluding carboxylic acids is 1. The molecule has 18 heavy (non-hydrogen) atoms. The minimum atomic E-state index is -3.97. The zero-order chi connectivity index (χ0) is 13.9. The van der Waals surface area contributed by atoms with Crippen LogP contribution in [0.15, 0.2) is 23.1 Å². The van der Waals surface area contributed by atoms with Crippen molar-refractivity contribution >= 4 is 33.2 Å². The van der Waals surface area contributed by atoms with Crippen molar-refractivity contribution in [2.24, 2.45) is 5.73 Å². The molecule has 0 radical (unpaired) electrons. The fourth-order valence-electron chi connectivity index (χ4n) is 1.11. The second-order valence-corrected chi connectivity index (χ2v) is 5.62. The molecule has 0 spiro atoms. The van der Waals surface area contributed by atoms with Crippen LogP contribution in [0.4, 0.5) is 5.69 Å². The Hall–Kier alpha value is -1.35. The Bertz CT molecular complexity index is 561. The van der Waals surface area contributed by atoms with Crippen LogP contribution in [0.3, 0.4) is 0 Å². The van der Waals surface area contributed by atoms with E-state index in [0.29, 0.717) is 0 Å². The molecule has 1 aromatic carbocycles. The van der Waals surface area contributed by atoms with Crippen LogP contribution in [-0.2, 0) is 14.8 Å². The van der Waals surface area contributed by atoms with E-state index < -0.39 is 28.6 Å². The van der Waals surface area contributed by atoms with Gasteiger partial charge in [0.25, 0.3) is 0 Å². The number of aliphatic hydroxyl groups is 1. The number of nitrogens with one attached hydrogen (secondary N) is 1. The number of halogens is 1. The first-order valence-electron chi connectivity index (χ1n) is 4.76. The molecule has 0 aliphatic carbocycles. The van der Waals surface area contributed by atoms with E-state index >= 15 is 0 Å². The molecular weight excluding hydrogens is 282 g/mol. The van der Waals surface area contributed by atoms with Crippen LogP contribution < -0.4 is 16.2 Å². The first-order chi connectivity index (χ1) is 8.24. The van der Waals surface area contributed by atoms with Gasteiger partial charge in [-0.15, -0.1) is 0 Å². The highest BCUT2D eigenvalue weighted by molar-refractivity contribution is 7.89. The number of hydrogen-bond acceptors (Lipinski definition) is 5. The van der Waals surface area contributed by atoms with Crippen LogP contribution in [0.2, 0.25) is 5.02 Å². The molecule has 7 nitrogen and oxygen atoms in total. The standard InChI is InChI=1S/C9H12ClN3O4S/c10-5-1-2-6(11)8(3-5)18(16,17)13-4-7(14)9(12)15/h1-3,7,13-14H,4,11H2,(H2,12,15).